The second kappa shape index (κ2) is 33.6. The first-order chi connectivity index (χ1) is 43.7. The number of amides is 8. The van der Waals surface area contributed by atoms with E-state index in [4.69, 9.17) is 5.73 Å². The molecule has 0 fully saturated rings. The van der Waals surface area contributed by atoms with Crippen LogP contribution >= 0.6 is 0 Å². The van der Waals surface area contributed by atoms with E-state index in [1.807, 2.05) is 42.5 Å². The predicted molar refractivity (Wildman–Crippen MR) is 340 cm³/mol. The largest absolute Gasteiger partial charge is 0.508 e. The van der Waals surface area contributed by atoms with Gasteiger partial charge in [0, 0.05) is 59.9 Å². The van der Waals surface area contributed by atoms with Crippen LogP contribution in [0, 0.1) is 17.8 Å². The lowest BCUT2D eigenvalue weighted by Crippen LogP contribution is -2.62. The number of rotatable bonds is 35. The van der Waals surface area contributed by atoms with Gasteiger partial charge in [-0.25, -0.2) is 4.79 Å². The highest BCUT2D eigenvalue weighted by atomic mass is 16.4. The summed E-state index contributed by atoms with van der Waals surface area (Å²) in [5.41, 5.74) is 10.1. The number of para-hydroxylation sites is 2. The van der Waals surface area contributed by atoms with Crippen molar-refractivity contribution < 1.29 is 73.2 Å². The first-order valence-electron chi connectivity index (χ1n) is 30.5. The normalized spacial score (nSPS) is 14.6. The molecule has 2 aromatic heterocycles. The summed E-state index contributed by atoms with van der Waals surface area (Å²) in [5.74, 6) is -13.3. The molecule has 0 unspecified atom stereocenters. The minimum absolute atomic E-state index is 0.0203. The second-order valence-corrected chi connectivity index (χ2v) is 23.8. The number of aromatic hydroxyl groups is 1. The molecule has 8 amide bonds. The molecule has 26 nitrogen and oxygen atoms in total. The van der Waals surface area contributed by atoms with E-state index in [0.717, 1.165) is 21.8 Å². The van der Waals surface area contributed by atoms with Crippen LogP contribution in [0.3, 0.4) is 0 Å². The number of aliphatic carboxylic acids is 3. The maximum absolute atomic E-state index is 14.9. The Morgan fingerprint density at radius 1 is 0.457 bits per heavy atom. The first kappa shape index (κ1) is 71.0. The van der Waals surface area contributed by atoms with E-state index >= 15 is 0 Å². The van der Waals surface area contributed by atoms with Gasteiger partial charge in [0.05, 0.1) is 12.5 Å². The van der Waals surface area contributed by atoms with Crippen LogP contribution in [-0.2, 0) is 78.4 Å². The van der Waals surface area contributed by atoms with E-state index in [1.54, 1.807) is 90.3 Å². The Morgan fingerprint density at radius 2 is 0.902 bits per heavy atom. The average molecular weight is 1270 g/mol. The third-order valence-electron chi connectivity index (χ3n) is 15.8. The highest BCUT2D eigenvalue weighted by Crippen LogP contribution is 2.22. The van der Waals surface area contributed by atoms with E-state index in [2.05, 4.69) is 52.5 Å². The summed E-state index contributed by atoms with van der Waals surface area (Å²) in [6, 6.07) is 15.2. The number of hydrogen-bond donors (Lipinski definition) is 15. The number of aromatic nitrogens is 2. The molecule has 2 heterocycles. The van der Waals surface area contributed by atoms with Crippen molar-refractivity contribution in [3.05, 3.63) is 138 Å². The highest BCUT2D eigenvalue weighted by Gasteiger charge is 2.38. The lowest BCUT2D eigenvalue weighted by Gasteiger charge is -2.30. The molecule has 0 saturated heterocycles. The summed E-state index contributed by atoms with van der Waals surface area (Å²) in [6.07, 6.45) is 0.890. The van der Waals surface area contributed by atoms with Gasteiger partial charge < -0.3 is 78.7 Å². The number of phenolic OH excluding ortho intramolecular Hbond substituents is 1. The number of nitrogens with one attached hydrogen (secondary N) is 10. The van der Waals surface area contributed by atoms with Crippen LogP contribution < -0.4 is 48.3 Å². The summed E-state index contributed by atoms with van der Waals surface area (Å²) < 4.78 is 0. The van der Waals surface area contributed by atoms with E-state index < -0.39 is 151 Å². The van der Waals surface area contributed by atoms with Crippen molar-refractivity contribution in [2.24, 2.45) is 23.5 Å². The number of phenols is 1. The number of carbonyl (C=O) groups excluding carboxylic acids is 8. The van der Waals surface area contributed by atoms with Crippen LogP contribution in [0.25, 0.3) is 21.8 Å². The minimum atomic E-state index is -1.72. The van der Waals surface area contributed by atoms with Crippen LogP contribution in [0.15, 0.2) is 116 Å². The summed E-state index contributed by atoms with van der Waals surface area (Å²) in [7, 11) is 0. The van der Waals surface area contributed by atoms with Crippen LogP contribution in [0.5, 0.6) is 5.75 Å². The van der Waals surface area contributed by atoms with Crippen LogP contribution in [0.1, 0.15) is 95.9 Å². The molecule has 0 aliphatic rings. The summed E-state index contributed by atoms with van der Waals surface area (Å²) in [5, 5.41) is 62.4. The molecule has 6 aromatic rings. The number of benzene rings is 4. The Balaban J connectivity index is 1.22. The highest BCUT2D eigenvalue weighted by molar-refractivity contribution is 5.99. The fraction of sp³-hybridized carbons (Fsp3) is 0.409. The van der Waals surface area contributed by atoms with Gasteiger partial charge in [-0.1, -0.05) is 127 Å². The topological polar surface area (TPSA) is 423 Å². The summed E-state index contributed by atoms with van der Waals surface area (Å²) >= 11 is 0. The number of aromatic amines is 2. The Hall–Kier alpha value is -10.1. The van der Waals surface area contributed by atoms with Crippen molar-refractivity contribution in [1.82, 2.24) is 52.5 Å². The van der Waals surface area contributed by atoms with Crippen molar-refractivity contribution in [2.45, 2.75) is 154 Å². The number of hydrogen-bond acceptors (Lipinski definition) is 13. The van der Waals surface area contributed by atoms with E-state index in [0.29, 0.717) is 28.7 Å². The SMILES string of the molecule is CC[C@H](C)[C@H](NC(=O)[C@H](CCC(=O)O)NC(=O)[C@H](Cc1ccccc1)NC(=O)[C@H](Cc1ccc(O)cc1)NC(=O)[C@H](CC(C)C)NC(=O)[C@H](CC(=O)O)NC(=O)[C@@H](N)Cc1c[nH]c2ccccc12)C(=O)N[C@H](C(=O)N[C@@H](Cc1c[nH]c2ccccc12)C(=O)O)C(C)C. The van der Waals surface area contributed by atoms with Crippen LogP contribution in [0.2, 0.25) is 0 Å². The lowest BCUT2D eigenvalue weighted by molar-refractivity contribution is -0.143. The Bertz CT molecular complexity index is 3570. The Labute approximate surface area is 531 Å². The van der Waals surface area contributed by atoms with Gasteiger partial charge >= 0.3 is 17.9 Å². The Morgan fingerprint density at radius 3 is 1.42 bits per heavy atom. The molecule has 0 bridgehead atoms. The van der Waals surface area contributed by atoms with E-state index in [9.17, 15) is 73.2 Å². The number of nitrogens with two attached hydrogens (primary N) is 1. The fourth-order valence-electron chi connectivity index (χ4n) is 10.5. The molecule has 0 aliphatic carbocycles. The molecule has 0 spiro atoms. The molecule has 26 heteroatoms. The van der Waals surface area contributed by atoms with Gasteiger partial charge in [-0.2, -0.15) is 0 Å². The maximum Gasteiger partial charge on any atom is 0.326 e. The number of carbonyl (C=O) groups is 11. The van der Waals surface area contributed by atoms with Crippen LogP contribution in [-0.4, -0.2) is 150 Å². The first-order valence-corrected chi connectivity index (χ1v) is 30.5. The van der Waals surface area contributed by atoms with Gasteiger partial charge in [0.2, 0.25) is 47.3 Å². The molecular formula is C66H83N11O15. The number of fused-ring (bicyclic) bond motifs is 2. The number of H-pyrrole nitrogens is 2. The standard InChI is InChI=1S/C66H83N11O15/c1-7-37(6)57(65(90)76-56(36(4)5)64(89)75-53(66(91)92)31-41-34-69-47-20-14-12-18-44(41)47)77-59(84)48(25-26-54(79)80)70-61(86)50(28-38-15-9-8-10-16-38)74-62(87)51(29-39-21-23-42(78)24-22-39)73-60(85)49(27-35(2)3)72-63(88)52(32-55(81)82)71-58(83)45(67)30-40-33-68-46-19-13-11-17-43(40)46/h8-24,33-37,45,48-53,56-57,68-69,78H,7,25-32,67H2,1-6H3,(H,70,86)(H,71,83)(H,72,88)(H,73,85)(H,74,87)(H,75,89)(H,76,90)(H,77,84)(H,79,80)(H,81,82)(H,91,92)/t37-,45-,48-,49-,50-,51-,52-,53-,56-,57-/m0/s1. The third-order valence-corrected chi connectivity index (χ3v) is 15.8. The quantitative estimate of drug-likeness (QED) is 0.0272. The third kappa shape index (κ3) is 20.7. The molecule has 492 valence electrons. The zero-order valence-electron chi connectivity index (χ0n) is 52.1. The zero-order valence-corrected chi connectivity index (χ0v) is 52.1. The van der Waals surface area contributed by atoms with Crippen molar-refractivity contribution in [1.29, 1.82) is 0 Å². The Kier molecular flexibility index (Phi) is 25.9. The number of carboxylic acids is 3. The van der Waals surface area contributed by atoms with Crippen molar-refractivity contribution >= 4 is 87.0 Å². The van der Waals surface area contributed by atoms with E-state index in [1.165, 1.54) is 24.3 Å². The second-order valence-electron chi connectivity index (χ2n) is 23.8. The van der Waals surface area contributed by atoms with E-state index in [-0.39, 0.29) is 43.8 Å². The van der Waals surface area contributed by atoms with Gasteiger partial charge in [0.25, 0.3) is 0 Å². The molecule has 0 aliphatic heterocycles. The zero-order chi connectivity index (χ0) is 67.3. The monoisotopic (exact) mass is 1270 g/mol. The van der Waals surface area contributed by atoms with Gasteiger partial charge in [0.1, 0.15) is 54.1 Å². The predicted octanol–water partition coefficient (Wildman–Crippen LogP) is 3.00. The van der Waals surface area contributed by atoms with Crippen molar-refractivity contribution in [2.75, 3.05) is 0 Å². The maximum atomic E-state index is 14.9. The lowest BCUT2D eigenvalue weighted by atomic mass is 9.95. The van der Waals surface area contributed by atoms with Crippen molar-refractivity contribution in [3.63, 3.8) is 0 Å². The summed E-state index contributed by atoms with van der Waals surface area (Å²) in [4.78, 5) is 157. The van der Waals surface area contributed by atoms with Gasteiger partial charge in [-0.15, -0.1) is 0 Å². The van der Waals surface area contributed by atoms with Crippen molar-refractivity contribution in [3.8, 4) is 5.75 Å². The molecule has 10 atom stereocenters. The molecule has 4 aromatic carbocycles. The molecule has 6 rings (SSSR count). The average Bonchev–Trinajstić information content (AvgIpc) is 1.61. The van der Waals surface area contributed by atoms with Gasteiger partial charge in [-0.3, -0.25) is 47.9 Å². The molecule has 16 N–H and O–H groups in total. The molecule has 92 heavy (non-hydrogen) atoms. The van der Waals surface area contributed by atoms with Gasteiger partial charge in [0.15, 0.2) is 0 Å². The smallest absolute Gasteiger partial charge is 0.326 e. The van der Waals surface area contributed by atoms with Gasteiger partial charge in [-0.05, 0) is 83.5 Å². The molecule has 0 saturated carbocycles. The minimum Gasteiger partial charge on any atom is -0.508 e. The fourth-order valence-corrected chi connectivity index (χ4v) is 10.5. The van der Waals surface area contributed by atoms with Crippen LogP contribution in [0.4, 0.5) is 0 Å². The number of carboxylic acid groups (broad SMARTS) is 3. The summed E-state index contributed by atoms with van der Waals surface area (Å²) in [6.45, 7) is 10.1. The molecule has 0 radical (unpaired) electrons. The molecular weight excluding hydrogens is 1190 g/mol.